The summed E-state index contributed by atoms with van der Waals surface area (Å²) in [5.41, 5.74) is 1.28. The Morgan fingerprint density at radius 2 is 1.57 bits per heavy atom. The fourth-order valence-corrected chi connectivity index (χ4v) is 4.28. The van der Waals surface area contributed by atoms with Crippen LogP contribution in [-0.2, 0) is 4.79 Å². The summed E-state index contributed by atoms with van der Waals surface area (Å²) in [6.07, 6.45) is 4.62. The summed E-state index contributed by atoms with van der Waals surface area (Å²) in [6, 6.07) is 10.4. The molecule has 28 heavy (non-hydrogen) atoms. The van der Waals surface area contributed by atoms with Crippen molar-refractivity contribution in [2.24, 2.45) is 11.3 Å². The van der Waals surface area contributed by atoms with Gasteiger partial charge in [0.25, 0.3) is 0 Å². The molecule has 0 saturated carbocycles. The maximum absolute atomic E-state index is 13.0. The number of likely N-dealkylation sites (tertiary alicyclic amines) is 2. The van der Waals surface area contributed by atoms with Gasteiger partial charge in [-0.1, -0.05) is 51.1 Å². The molecular formula is C23H35N3O2. The van der Waals surface area contributed by atoms with E-state index in [-0.39, 0.29) is 29.3 Å². The number of rotatable bonds is 4. The van der Waals surface area contributed by atoms with Gasteiger partial charge in [-0.3, -0.25) is 4.79 Å². The van der Waals surface area contributed by atoms with Crippen LogP contribution >= 0.6 is 0 Å². The third-order valence-electron chi connectivity index (χ3n) is 5.85. The molecule has 1 atom stereocenters. The van der Waals surface area contributed by atoms with Crippen molar-refractivity contribution in [1.29, 1.82) is 0 Å². The quantitative estimate of drug-likeness (QED) is 0.844. The van der Waals surface area contributed by atoms with Gasteiger partial charge >= 0.3 is 6.03 Å². The second-order valence-corrected chi connectivity index (χ2v) is 9.47. The highest BCUT2D eigenvalue weighted by Gasteiger charge is 2.32. The van der Waals surface area contributed by atoms with Crippen LogP contribution in [0.1, 0.15) is 64.5 Å². The van der Waals surface area contributed by atoms with Gasteiger partial charge in [0.2, 0.25) is 5.91 Å². The number of hydrogen-bond donors (Lipinski definition) is 1. The molecule has 2 aliphatic rings. The predicted octanol–water partition coefficient (Wildman–Crippen LogP) is 4.21. The van der Waals surface area contributed by atoms with Crippen molar-refractivity contribution in [3.05, 3.63) is 35.9 Å². The lowest BCUT2D eigenvalue weighted by Gasteiger charge is -2.35. The third-order valence-corrected chi connectivity index (χ3v) is 5.85. The summed E-state index contributed by atoms with van der Waals surface area (Å²) < 4.78 is 0. The normalized spacial score (nSPS) is 19.5. The molecule has 0 aliphatic carbocycles. The van der Waals surface area contributed by atoms with Crippen molar-refractivity contribution in [2.75, 3.05) is 26.2 Å². The van der Waals surface area contributed by atoms with E-state index in [2.05, 4.69) is 38.2 Å². The van der Waals surface area contributed by atoms with Crippen molar-refractivity contribution in [2.45, 2.75) is 58.9 Å². The van der Waals surface area contributed by atoms with Crippen LogP contribution in [0.3, 0.4) is 0 Å². The molecule has 1 N–H and O–H groups in total. The second-order valence-electron chi connectivity index (χ2n) is 9.47. The summed E-state index contributed by atoms with van der Waals surface area (Å²) in [6.45, 7) is 9.74. The zero-order valence-electron chi connectivity index (χ0n) is 17.6. The molecule has 1 unspecified atom stereocenters. The average molecular weight is 386 g/mol. The molecule has 2 heterocycles. The van der Waals surface area contributed by atoms with E-state index in [9.17, 15) is 9.59 Å². The topological polar surface area (TPSA) is 52.7 Å². The fraction of sp³-hybridized carbons (Fsp3) is 0.652. The molecule has 2 fully saturated rings. The standard InChI is InChI=1S/C23H35N3O2/c1-23(2,3)17-20(18-9-5-4-6-10-18)24-21(27)19-11-15-26(16-12-19)22(28)25-13-7-8-14-25/h4-6,9-10,19-20H,7-8,11-17H2,1-3H3,(H,24,27). The van der Waals surface area contributed by atoms with Gasteiger partial charge in [-0.15, -0.1) is 0 Å². The van der Waals surface area contributed by atoms with Crippen molar-refractivity contribution in [3.8, 4) is 0 Å². The molecule has 0 radical (unpaired) electrons. The van der Waals surface area contributed by atoms with E-state index in [1.54, 1.807) is 0 Å². The lowest BCUT2D eigenvalue weighted by atomic mass is 9.85. The Morgan fingerprint density at radius 3 is 2.14 bits per heavy atom. The minimum absolute atomic E-state index is 0.00573. The number of carbonyl (C=O) groups is 2. The summed E-state index contributed by atoms with van der Waals surface area (Å²) in [5.74, 6) is 0.125. The lowest BCUT2D eigenvalue weighted by molar-refractivity contribution is -0.127. The summed E-state index contributed by atoms with van der Waals surface area (Å²) >= 11 is 0. The summed E-state index contributed by atoms with van der Waals surface area (Å²) in [4.78, 5) is 29.4. The van der Waals surface area contributed by atoms with Gasteiger partial charge < -0.3 is 15.1 Å². The van der Waals surface area contributed by atoms with Gasteiger partial charge in [-0.05, 0) is 43.1 Å². The number of urea groups is 1. The lowest BCUT2D eigenvalue weighted by Crippen LogP contribution is -2.48. The van der Waals surface area contributed by atoms with E-state index in [4.69, 9.17) is 0 Å². The van der Waals surface area contributed by atoms with Crippen molar-refractivity contribution in [1.82, 2.24) is 15.1 Å². The van der Waals surface area contributed by atoms with E-state index in [1.165, 1.54) is 0 Å². The van der Waals surface area contributed by atoms with Crippen LogP contribution < -0.4 is 5.32 Å². The zero-order chi connectivity index (χ0) is 20.1. The average Bonchev–Trinajstić information content (AvgIpc) is 3.21. The molecule has 3 amide bonds. The number of nitrogens with zero attached hydrogens (tertiary/aromatic N) is 2. The van der Waals surface area contributed by atoms with Crippen LogP contribution in [0.2, 0.25) is 0 Å². The van der Waals surface area contributed by atoms with E-state index in [0.29, 0.717) is 13.1 Å². The first-order valence-electron chi connectivity index (χ1n) is 10.7. The molecule has 2 saturated heterocycles. The Kier molecular flexibility index (Phi) is 6.63. The Balaban J connectivity index is 1.56. The monoisotopic (exact) mass is 385 g/mol. The molecule has 5 nitrogen and oxygen atoms in total. The highest BCUT2D eigenvalue weighted by atomic mass is 16.2. The molecule has 0 aromatic heterocycles. The van der Waals surface area contributed by atoms with E-state index in [0.717, 1.165) is 50.8 Å². The van der Waals surface area contributed by atoms with Crippen molar-refractivity contribution < 1.29 is 9.59 Å². The van der Waals surface area contributed by atoms with Gasteiger partial charge in [0.1, 0.15) is 0 Å². The van der Waals surface area contributed by atoms with Gasteiger partial charge in [-0.25, -0.2) is 4.79 Å². The highest BCUT2D eigenvalue weighted by molar-refractivity contribution is 5.80. The van der Waals surface area contributed by atoms with Crippen LogP contribution in [0.15, 0.2) is 30.3 Å². The predicted molar refractivity (Wildman–Crippen MR) is 112 cm³/mol. The first kappa shape index (κ1) is 20.7. The first-order valence-corrected chi connectivity index (χ1v) is 10.7. The zero-order valence-corrected chi connectivity index (χ0v) is 17.6. The molecule has 2 aliphatic heterocycles. The number of amides is 3. The van der Waals surface area contributed by atoms with Crippen LogP contribution in [0.5, 0.6) is 0 Å². The molecule has 5 heteroatoms. The SMILES string of the molecule is CC(C)(C)CC(NC(=O)C1CCN(C(=O)N2CCCC2)CC1)c1ccccc1. The van der Waals surface area contributed by atoms with Crippen LogP contribution in [-0.4, -0.2) is 47.9 Å². The molecule has 0 bridgehead atoms. The maximum Gasteiger partial charge on any atom is 0.319 e. The number of piperidine rings is 1. The van der Waals surface area contributed by atoms with E-state index in [1.807, 2.05) is 28.0 Å². The van der Waals surface area contributed by atoms with Crippen LogP contribution in [0.4, 0.5) is 4.79 Å². The van der Waals surface area contributed by atoms with Crippen LogP contribution in [0, 0.1) is 11.3 Å². The third kappa shape index (κ3) is 5.49. The Labute approximate surface area is 169 Å². The largest absolute Gasteiger partial charge is 0.349 e. The van der Waals surface area contributed by atoms with Gasteiger partial charge in [0.15, 0.2) is 0 Å². The van der Waals surface area contributed by atoms with Gasteiger partial charge in [0.05, 0.1) is 6.04 Å². The Morgan fingerprint density at radius 1 is 1.00 bits per heavy atom. The molecule has 1 aromatic rings. The number of carbonyl (C=O) groups excluding carboxylic acids is 2. The molecule has 3 rings (SSSR count). The number of hydrogen-bond acceptors (Lipinski definition) is 2. The summed E-state index contributed by atoms with van der Waals surface area (Å²) in [7, 11) is 0. The maximum atomic E-state index is 13.0. The second kappa shape index (κ2) is 8.97. The van der Waals surface area contributed by atoms with E-state index >= 15 is 0 Å². The number of nitrogens with one attached hydrogen (secondary N) is 1. The van der Waals surface area contributed by atoms with Crippen LogP contribution in [0.25, 0.3) is 0 Å². The molecular weight excluding hydrogens is 350 g/mol. The van der Waals surface area contributed by atoms with Crippen molar-refractivity contribution in [3.63, 3.8) is 0 Å². The molecule has 0 spiro atoms. The Bertz CT molecular complexity index is 654. The minimum atomic E-state index is -0.00573. The summed E-state index contributed by atoms with van der Waals surface area (Å²) in [5, 5.41) is 3.31. The first-order chi connectivity index (χ1) is 13.3. The number of benzene rings is 1. The highest BCUT2D eigenvalue weighted by Crippen LogP contribution is 2.30. The van der Waals surface area contributed by atoms with E-state index < -0.39 is 0 Å². The minimum Gasteiger partial charge on any atom is -0.349 e. The fourth-order valence-electron chi connectivity index (χ4n) is 4.28. The van der Waals surface area contributed by atoms with Gasteiger partial charge in [0, 0.05) is 32.1 Å². The smallest absolute Gasteiger partial charge is 0.319 e. The van der Waals surface area contributed by atoms with Crippen molar-refractivity contribution >= 4 is 11.9 Å². The molecule has 154 valence electrons. The Hall–Kier alpha value is -2.04. The van der Waals surface area contributed by atoms with Gasteiger partial charge in [-0.2, -0.15) is 0 Å². The molecule has 1 aromatic carbocycles.